The number of rotatable bonds is 4. The topological polar surface area (TPSA) is 79.1 Å². The van der Waals surface area contributed by atoms with Crippen LogP contribution in [0.2, 0.25) is 0 Å². The maximum absolute atomic E-state index is 9.90. The van der Waals surface area contributed by atoms with Crippen LogP contribution < -0.4 is 10.2 Å². The van der Waals surface area contributed by atoms with E-state index in [0.717, 1.165) is 5.56 Å². The Morgan fingerprint density at radius 2 is 2.27 bits per heavy atom. The predicted molar refractivity (Wildman–Crippen MR) is 54.6 cm³/mol. The van der Waals surface area contributed by atoms with Crippen LogP contribution in [0.15, 0.2) is 23.2 Å². The minimum Gasteiger partial charge on any atom is -0.497 e. The van der Waals surface area contributed by atoms with Crippen LogP contribution in [-0.4, -0.2) is 30.4 Å². The molecule has 0 aliphatic carbocycles. The van der Waals surface area contributed by atoms with Crippen molar-refractivity contribution in [3.8, 4) is 5.75 Å². The minimum atomic E-state index is -1.58. The summed E-state index contributed by atoms with van der Waals surface area (Å²) < 4.78 is 4.97. The Morgan fingerprint density at radius 1 is 1.53 bits per heavy atom. The van der Waals surface area contributed by atoms with Gasteiger partial charge in [0.15, 0.2) is 0 Å². The fourth-order valence-corrected chi connectivity index (χ4v) is 1.19. The highest BCUT2D eigenvalue weighted by Gasteiger charge is 2.16. The molecule has 0 saturated heterocycles. The van der Waals surface area contributed by atoms with E-state index in [1.807, 2.05) is 0 Å². The summed E-state index contributed by atoms with van der Waals surface area (Å²) >= 11 is 0. The molecule has 0 saturated carbocycles. The van der Waals surface area contributed by atoms with Gasteiger partial charge >= 0.3 is 7.12 Å². The molecule has 0 heterocycles. The number of benzene rings is 1. The maximum Gasteiger partial charge on any atom is 0.492 e. The standard InChI is InChI=1S/C9H10BNO4/c1-15-9-4-7(5-11-6-12)2-3-8(9)10(13)14/h2-4,13-14H,5H2,1H3. The summed E-state index contributed by atoms with van der Waals surface area (Å²) in [6.07, 6.45) is 1.43. The van der Waals surface area contributed by atoms with E-state index in [2.05, 4.69) is 4.99 Å². The molecule has 78 valence electrons. The van der Waals surface area contributed by atoms with Crippen LogP contribution in [0.5, 0.6) is 5.75 Å². The lowest BCUT2D eigenvalue weighted by Gasteiger charge is -2.08. The average Bonchev–Trinajstić information content (AvgIpc) is 2.25. The highest BCUT2D eigenvalue weighted by molar-refractivity contribution is 6.59. The van der Waals surface area contributed by atoms with Crippen LogP contribution in [-0.2, 0) is 11.3 Å². The number of nitrogens with zero attached hydrogens (tertiary/aromatic N) is 1. The molecule has 0 spiro atoms. The SMILES string of the molecule is COc1cc(CN=C=O)ccc1B(O)O. The van der Waals surface area contributed by atoms with E-state index < -0.39 is 7.12 Å². The van der Waals surface area contributed by atoms with Gasteiger partial charge in [-0.3, -0.25) is 0 Å². The lowest BCUT2D eigenvalue weighted by Crippen LogP contribution is -2.31. The molecule has 0 aromatic heterocycles. The fourth-order valence-electron chi connectivity index (χ4n) is 1.19. The third-order valence-corrected chi connectivity index (χ3v) is 1.90. The molecule has 15 heavy (non-hydrogen) atoms. The first-order valence-corrected chi connectivity index (χ1v) is 4.25. The fraction of sp³-hybridized carbons (Fsp3) is 0.222. The summed E-state index contributed by atoms with van der Waals surface area (Å²) in [7, 11) is -0.155. The second kappa shape index (κ2) is 5.31. The number of aliphatic imine (C=N–C) groups is 1. The molecule has 6 heteroatoms. The molecule has 0 fully saturated rings. The lowest BCUT2D eigenvalue weighted by atomic mass is 9.79. The van der Waals surface area contributed by atoms with Gasteiger partial charge in [-0.05, 0) is 11.6 Å². The highest BCUT2D eigenvalue weighted by atomic mass is 16.5. The number of methoxy groups -OCH3 is 1. The Labute approximate surface area is 87.2 Å². The van der Waals surface area contributed by atoms with Crippen molar-refractivity contribution in [3.63, 3.8) is 0 Å². The molecule has 0 aliphatic heterocycles. The van der Waals surface area contributed by atoms with E-state index in [4.69, 9.17) is 14.8 Å². The van der Waals surface area contributed by atoms with E-state index in [-0.39, 0.29) is 12.0 Å². The van der Waals surface area contributed by atoms with Gasteiger partial charge in [0, 0.05) is 5.46 Å². The molecule has 0 unspecified atom stereocenters. The zero-order chi connectivity index (χ0) is 11.3. The van der Waals surface area contributed by atoms with E-state index in [1.54, 1.807) is 12.1 Å². The number of isocyanates is 1. The van der Waals surface area contributed by atoms with Gasteiger partial charge in [0.2, 0.25) is 6.08 Å². The normalized spacial score (nSPS) is 9.27. The minimum absolute atomic E-state index is 0.196. The van der Waals surface area contributed by atoms with Crippen LogP contribution >= 0.6 is 0 Å². The average molecular weight is 207 g/mol. The Hall–Kier alpha value is -1.62. The summed E-state index contributed by atoms with van der Waals surface area (Å²) in [5.74, 6) is 0.351. The lowest BCUT2D eigenvalue weighted by molar-refractivity contribution is 0.403. The third-order valence-electron chi connectivity index (χ3n) is 1.90. The Morgan fingerprint density at radius 3 is 2.80 bits per heavy atom. The zero-order valence-electron chi connectivity index (χ0n) is 8.17. The van der Waals surface area contributed by atoms with Gasteiger partial charge in [0.1, 0.15) is 5.75 Å². The number of hydrogen-bond donors (Lipinski definition) is 2. The first-order valence-electron chi connectivity index (χ1n) is 4.25. The van der Waals surface area contributed by atoms with Crippen molar-refractivity contribution in [2.24, 2.45) is 4.99 Å². The quantitative estimate of drug-likeness (QED) is 0.385. The molecule has 2 N–H and O–H groups in total. The molecule has 0 amide bonds. The number of ether oxygens (including phenoxy) is 1. The Balaban J connectivity index is 3.01. The van der Waals surface area contributed by atoms with Gasteiger partial charge in [-0.1, -0.05) is 12.1 Å². The summed E-state index contributed by atoms with van der Waals surface area (Å²) in [6.45, 7) is 0.196. The van der Waals surface area contributed by atoms with Gasteiger partial charge in [-0.15, -0.1) is 0 Å². The van der Waals surface area contributed by atoms with E-state index in [1.165, 1.54) is 19.3 Å². The predicted octanol–water partition coefficient (Wildman–Crippen LogP) is -0.789. The smallest absolute Gasteiger partial charge is 0.492 e. The van der Waals surface area contributed by atoms with Crippen LogP contribution in [0.1, 0.15) is 5.56 Å². The van der Waals surface area contributed by atoms with Crippen molar-refractivity contribution >= 4 is 18.7 Å². The van der Waals surface area contributed by atoms with Gasteiger partial charge in [0.05, 0.1) is 13.7 Å². The van der Waals surface area contributed by atoms with Gasteiger partial charge < -0.3 is 14.8 Å². The van der Waals surface area contributed by atoms with Crippen LogP contribution in [0.4, 0.5) is 0 Å². The van der Waals surface area contributed by atoms with Crippen molar-refractivity contribution < 1.29 is 19.6 Å². The largest absolute Gasteiger partial charge is 0.497 e. The third kappa shape index (κ3) is 2.92. The van der Waals surface area contributed by atoms with Gasteiger partial charge in [0.25, 0.3) is 0 Å². The van der Waals surface area contributed by atoms with Crippen LogP contribution in [0.25, 0.3) is 0 Å². The molecule has 1 aromatic rings. The van der Waals surface area contributed by atoms with Crippen LogP contribution in [0.3, 0.4) is 0 Å². The second-order valence-corrected chi connectivity index (χ2v) is 2.86. The maximum atomic E-state index is 9.90. The van der Waals surface area contributed by atoms with Crippen molar-refractivity contribution in [3.05, 3.63) is 23.8 Å². The van der Waals surface area contributed by atoms with Gasteiger partial charge in [-0.25, -0.2) is 9.79 Å². The molecule has 0 bridgehead atoms. The van der Waals surface area contributed by atoms with Crippen molar-refractivity contribution in [2.45, 2.75) is 6.54 Å². The molecule has 0 radical (unpaired) electrons. The highest BCUT2D eigenvalue weighted by Crippen LogP contribution is 2.11. The van der Waals surface area contributed by atoms with Crippen LogP contribution in [0, 0.1) is 0 Å². The summed E-state index contributed by atoms with van der Waals surface area (Å²) in [4.78, 5) is 13.3. The summed E-state index contributed by atoms with van der Waals surface area (Å²) in [6, 6.07) is 4.74. The van der Waals surface area contributed by atoms with Gasteiger partial charge in [-0.2, -0.15) is 0 Å². The number of hydrogen-bond acceptors (Lipinski definition) is 5. The second-order valence-electron chi connectivity index (χ2n) is 2.86. The first-order chi connectivity index (χ1) is 7.19. The Kier molecular flexibility index (Phi) is 4.06. The van der Waals surface area contributed by atoms with Crippen molar-refractivity contribution in [2.75, 3.05) is 7.11 Å². The van der Waals surface area contributed by atoms with Crippen molar-refractivity contribution in [1.29, 1.82) is 0 Å². The van der Waals surface area contributed by atoms with E-state index in [9.17, 15) is 4.79 Å². The van der Waals surface area contributed by atoms with E-state index >= 15 is 0 Å². The Bertz CT molecular complexity index is 388. The van der Waals surface area contributed by atoms with E-state index in [0.29, 0.717) is 5.75 Å². The number of carbonyl (C=O) groups excluding carboxylic acids is 1. The molecule has 5 nitrogen and oxygen atoms in total. The molecule has 0 atom stereocenters. The molecular formula is C9H10BNO4. The molecule has 1 aromatic carbocycles. The summed E-state index contributed by atoms with van der Waals surface area (Å²) in [5.41, 5.74) is 1.01. The van der Waals surface area contributed by atoms with Crippen molar-refractivity contribution in [1.82, 2.24) is 0 Å². The first kappa shape index (κ1) is 11.5. The summed E-state index contributed by atoms with van der Waals surface area (Å²) in [5, 5.41) is 18.0. The molecule has 0 aliphatic rings. The molecular weight excluding hydrogens is 197 g/mol. The molecule has 1 rings (SSSR count). The zero-order valence-corrected chi connectivity index (χ0v) is 8.17. The monoisotopic (exact) mass is 207 g/mol.